The van der Waals surface area contributed by atoms with Crippen molar-refractivity contribution >= 4 is 18.0 Å². The van der Waals surface area contributed by atoms with E-state index < -0.39 is 54.1 Å². The lowest BCUT2D eigenvalue weighted by Gasteiger charge is -2.60. The number of amides is 1. The van der Waals surface area contributed by atoms with Gasteiger partial charge in [-0.2, -0.15) is 13.2 Å². The topological polar surface area (TPSA) is 130 Å². The monoisotopic (exact) mass is 695 g/mol. The minimum absolute atomic E-state index is 0.0216. The van der Waals surface area contributed by atoms with Crippen LogP contribution in [0.4, 0.5) is 13.2 Å². The summed E-state index contributed by atoms with van der Waals surface area (Å²) in [5, 5.41) is 26.7. The number of carbonyl (C=O) groups is 2. The lowest BCUT2D eigenvalue weighted by molar-refractivity contribution is -0.178. The van der Waals surface area contributed by atoms with Crippen molar-refractivity contribution in [2.75, 3.05) is 21.0 Å². The van der Waals surface area contributed by atoms with Crippen LogP contribution in [0.5, 0.6) is 28.7 Å². The number of halogens is 3. The molecule has 0 saturated carbocycles. The fraction of sp³-hybridized carbons (Fsp3) is 0.389. The van der Waals surface area contributed by atoms with Crippen LogP contribution in [0.3, 0.4) is 0 Å². The lowest BCUT2D eigenvalue weighted by Crippen LogP contribution is -2.70. The number of alkyl halides is 3. The number of nitrogens with one attached hydrogen (secondary N) is 1. The van der Waals surface area contributed by atoms with Crippen LogP contribution in [0, 0.1) is 13.8 Å². The zero-order valence-electron chi connectivity index (χ0n) is 27.9. The van der Waals surface area contributed by atoms with Crippen molar-refractivity contribution in [1.82, 2.24) is 15.1 Å². The number of carbonyl (C=O) groups excluding carboxylic acids is 2. The summed E-state index contributed by atoms with van der Waals surface area (Å²) >= 11 is 0. The predicted octanol–water partition coefficient (Wildman–Crippen LogP) is 4.68. The second-order valence-corrected chi connectivity index (χ2v) is 13.0. The molecule has 0 spiro atoms. The van der Waals surface area contributed by atoms with Gasteiger partial charge in [0.05, 0.1) is 24.8 Å². The maximum absolute atomic E-state index is 13.7. The highest BCUT2D eigenvalue weighted by Gasteiger charge is 2.56. The first kappa shape index (κ1) is 33.7. The zero-order valence-corrected chi connectivity index (χ0v) is 27.9. The molecule has 4 aliphatic rings. The van der Waals surface area contributed by atoms with E-state index >= 15 is 0 Å². The van der Waals surface area contributed by atoms with E-state index in [4.69, 9.17) is 18.9 Å². The number of aryl methyl sites for hydroxylation is 1. The third-order valence-electron chi connectivity index (χ3n) is 10.1. The van der Waals surface area contributed by atoms with Gasteiger partial charge in [0.2, 0.25) is 12.7 Å². The summed E-state index contributed by atoms with van der Waals surface area (Å²) in [5.41, 5.74) is 3.00. The molecule has 2 bridgehead atoms. The number of esters is 1. The third-order valence-corrected chi connectivity index (χ3v) is 10.1. The Kier molecular flexibility index (Phi) is 8.23. The van der Waals surface area contributed by atoms with Gasteiger partial charge in [0.1, 0.15) is 18.1 Å². The van der Waals surface area contributed by atoms with Gasteiger partial charge in [-0.1, -0.05) is 18.2 Å². The first-order valence-electron chi connectivity index (χ1n) is 16.1. The molecule has 0 aliphatic carbocycles. The van der Waals surface area contributed by atoms with E-state index in [0.29, 0.717) is 45.9 Å². The molecule has 2 unspecified atom stereocenters. The summed E-state index contributed by atoms with van der Waals surface area (Å²) in [6.07, 6.45) is -3.82. The average Bonchev–Trinajstić information content (AvgIpc) is 3.54. The van der Waals surface area contributed by atoms with E-state index in [1.807, 2.05) is 24.9 Å². The highest BCUT2D eigenvalue weighted by atomic mass is 19.4. The Hall–Kier alpha value is -4.79. The summed E-state index contributed by atoms with van der Waals surface area (Å²) < 4.78 is 63.2. The number of aromatic hydroxyl groups is 1. The van der Waals surface area contributed by atoms with E-state index in [9.17, 15) is 33.0 Å². The van der Waals surface area contributed by atoms with E-state index in [1.54, 1.807) is 11.8 Å². The Bertz CT molecular complexity index is 1950. The van der Waals surface area contributed by atoms with Crippen molar-refractivity contribution < 1.29 is 51.9 Å². The molecular weight excluding hydrogens is 659 g/mol. The second kappa shape index (κ2) is 12.2. The standard InChI is InChI=1S/C36H36F3N3O8/c1-16-11-20-13-24-35(46)42-23(28(41(24)4)26(20)29(45)30(16)47-5)14-22-27(33-32(48-15-49-33)17(2)31(22)50-18(3)43)34(42)40-25(44)10-9-19-7-6-8-21(12-19)36(37,38)39/h6-12,23-24,28,34-35,45-46H,13-15H2,1-5H3,(H,40,44)/b10-9+/t23?,24-,28-,34?,35-/m0/s1. The van der Waals surface area contributed by atoms with Crippen molar-refractivity contribution in [1.29, 1.82) is 0 Å². The van der Waals surface area contributed by atoms with Crippen LogP contribution < -0.4 is 24.3 Å². The van der Waals surface area contributed by atoms with E-state index in [2.05, 4.69) is 5.32 Å². The molecule has 264 valence electrons. The molecule has 3 N–H and O–H groups in total. The Morgan fingerprint density at radius 2 is 1.80 bits per heavy atom. The van der Waals surface area contributed by atoms with Gasteiger partial charge in [0, 0.05) is 41.3 Å². The van der Waals surface area contributed by atoms with Crippen LogP contribution in [-0.4, -0.2) is 71.2 Å². The smallest absolute Gasteiger partial charge is 0.416 e. The largest absolute Gasteiger partial charge is 0.504 e. The van der Waals surface area contributed by atoms with Gasteiger partial charge < -0.3 is 34.5 Å². The predicted molar refractivity (Wildman–Crippen MR) is 173 cm³/mol. The number of aliphatic hydroxyl groups is 1. The van der Waals surface area contributed by atoms with Crippen LogP contribution in [0.2, 0.25) is 0 Å². The van der Waals surface area contributed by atoms with Crippen molar-refractivity contribution in [2.24, 2.45) is 0 Å². The summed E-state index contributed by atoms with van der Waals surface area (Å²) in [6, 6.07) is 4.93. The molecule has 3 aromatic carbocycles. The number of benzene rings is 3. The molecule has 4 aliphatic heterocycles. The van der Waals surface area contributed by atoms with Gasteiger partial charge in [0.15, 0.2) is 23.0 Å². The first-order valence-corrected chi connectivity index (χ1v) is 16.1. The highest BCUT2D eigenvalue weighted by Crippen LogP contribution is 2.57. The third kappa shape index (κ3) is 5.33. The molecular formula is C36H36F3N3O8. The van der Waals surface area contributed by atoms with Crippen molar-refractivity contribution in [3.63, 3.8) is 0 Å². The summed E-state index contributed by atoms with van der Waals surface area (Å²) in [4.78, 5) is 29.9. The maximum atomic E-state index is 13.7. The Morgan fingerprint density at radius 3 is 2.50 bits per heavy atom. The molecule has 50 heavy (non-hydrogen) atoms. The second-order valence-electron chi connectivity index (χ2n) is 13.0. The summed E-state index contributed by atoms with van der Waals surface area (Å²) in [6.45, 7) is 4.71. The number of methoxy groups -OCH3 is 1. The maximum Gasteiger partial charge on any atom is 0.416 e. The number of rotatable bonds is 5. The van der Waals surface area contributed by atoms with Crippen LogP contribution in [0.15, 0.2) is 36.4 Å². The molecule has 0 radical (unpaired) electrons. The summed E-state index contributed by atoms with van der Waals surface area (Å²) in [7, 11) is 3.34. The van der Waals surface area contributed by atoms with Gasteiger partial charge in [-0.25, -0.2) is 4.90 Å². The molecule has 11 nitrogen and oxygen atoms in total. The highest BCUT2D eigenvalue weighted by molar-refractivity contribution is 5.92. The quantitative estimate of drug-likeness (QED) is 0.197. The number of nitrogens with zero attached hydrogens (tertiary/aromatic N) is 2. The van der Waals surface area contributed by atoms with E-state index in [-0.39, 0.29) is 30.3 Å². The average molecular weight is 696 g/mol. The number of ether oxygens (including phenoxy) is 4. The molecule has 5 atom stereocenters. The number of hydrogen-bond acceptors (Lipinski definition) is 10. The van der Waals surface area contributed by atoms with Crippen LogP contribution >= 0.6 is 0 Å². The van der Waals surface area contributed by atoms with E-state index in [0.717, 1.165) is 29.3 Å². The Balaban J connectivity index is 1.38. The molecule has 1 amide bonds. The number of piperazine rings is 1. The molecule has 1 fully saturated rings. The van der Waals surface area contributed by atoms with Crippen LogP contribution in [0.25, 0.3) is 6.08 Å². The Labute approximate surface area is 285 Å². The van der Waals surface area contributed by atoms with E-state index in [1.165, 1.54) is 32.2 Å². The minimum atomic E-state index is -4.56. The first-order chi connectivity index (χ1) is 23.7. The number of fused-ring (bicyclic) bond motifs is 9. The zero-order chi connectivity index (χ0) is 35.8. The van der Waals surface area contributed by atoms with Gasteiger partial charge in [-0.15, -0.1) is 0 Å². The molecule has 14 heteroatoms. The van der Waals surface area contributed by atoms with Gasteiger partial charge in [0.25, 0.3) is 0 Å². The van der Waals surface area contributed by atoms with Crippen LogP contribution in [-0.2, 0) is 28.6 Å². The fourth-order valence-corrected chi connectivity index (χ4v) is 8.10. The molecule has 4 heterocycles. The van der Waals surface area contributed by atoms with Gasteiger partial charge >= 0.3 is 12.1 Å². The minimum Gasteiger partial charge on any atom is -0.504 e. The molecule has 0 aromatic heterocycles. The molecule has 1 saturated heterocycles. The molecule has 3 aromatic rings. The van der Waals surface area contributed by atoms with Crippen LogP contribution in [0.1, 0.15) is 63.6 Å². The van der Waals surface area contributed by atoms with Crippen molar-refractivity contribution in [3.05, 3.63) is 80.9 Å². The Morgan fingerprint density at radius 1 is 1.06 bits per heavy atom. The van der Waals surface area contributed by atoms with Gasteiger partial charge in [-0.3, -0.25) is 14.5 Å². The van der Waals surface area contributed by atoms with Crippen molar-refractivity contribution in [2.45, 2.75) is 70.3 Å². The fourth-order valence-electron chi connectivity index (χ4n) is 8.10. The normalized spacial score (nSPS) is 24.0. The number of aliphatic hydroxyl groups excluding tert-OH is 1. The number of phenols is 1. The number of likely N-dealkylation sites (N-methyl/N-ethyl adjacent to an activating group) is 1. The SMILES string of the molecule is COc1c(C)cc2c(c1O)[C@@H]1C3Cc4c(OC(C)=O)c(C)c5c(c4C(NC(=O)/C=C/c4cccc(C(F)(F)F)c4)N3[C@@H](O)[C@H](C2)N1C)OCO5. The van der Waals surface area contributed by atoms with Crippen molar-refractivity contribution in [3.8, 4) is 28.7 Å². The number of phenolic OH excluding ortho intramolecular Hbond substituents is 1. The number of hydrogen-bond donors (Lipinski definition) is 3. The lowest BCUT2D eigenvalue weighted by atomic mass is 9.74. The molecule has 7 rings (SSSR count). The van der Waals surface area contributed by atoms with Gasteiger partial charge in [-0.05, 0) is 68.6 Å². The summed E-state index contributed by atoms with van der Waals surface area (Å²) in [5.74, 6) is -0.0715.